The topological polar surface area (TPSA) is 55.6 Å². The largest absolute Gasteiger partial charge is 0.496 e. The highest BCUT2D eigenvalue weighted by Gasteiger charge is 2.24. The van der Waals surface area contributed by atoms with E-state index in [1.807, 2.05) is 19.1 Å². The summed E-state index contributed by atoms with van der Waals surface area (Å²) >= 11 is 0. The Kier molecular flexibility index (Phi) is 3.75. The second-order valence-corrected chi connectivity index (χ2v) is 4.84. The first-order chi connectivity index (χ1) is 8.61. The maximum atomic E-state index is 11.3. The molecule has 1 heterocycles. The summed E-state index contributed by atoms with van der Waals surface area (Å²) < 4.78 is 5.33. The molecule has 18 heavy (non-hydrogen) atoms. The van der Waals surface area contributed by atoms with Crippen LogP contribution in [0.15, 0.2) is 18.2 Å². The molecule has 0 aromatic heterocycles. The van der Waals surface area contributed by atoms with Crippen molar-refractivity contribution in [2.75, 3.05) is 25.1 Å². The van der Waals surface area contributed by atoms with Gasteiger partial charge in [-0.2, -0.15) is 0 Å². The summed E-state index contributed by atoms with van der Waals surface area (Å²) in [4.78, 5) is 13.5. The van der Waals surface area contributed by atoms with Gasteiger partial charge in [0, 0.05) is 24.8 Å². The average Bonchev–Trinajstić information content (AvgIpc) is 2.39. The second kappa shape index (κ2) is 5.29. The summed E-state index contributed by atoms with van der Waals surface area (Å²) in [6.07, 6.45) is 1.90. The maximum absolute atomic E-state index is 11.3. The highest BCUT2D eigenvalue weighted by molar-refractivity contribution is 5.77. The van der Waals surface area contributed by atoms with Gasteiger partial charge in [-0.15, -0.1) is 0 Å². The van der Waals surface area contributed by atoms with Crippen LogP contribution in [0.3, 0.4) is 0 Å². The van der Waals surface area contributed by atoms with Crippen LogP contribution < -0.4 is 15.4 Å². The molecule has 4 heteroatoms. The molecule has 98 valence electrons. The average molecular weight is 248 g/mol. The van der Waals surface area contributed by atoms with Gasteiger partial charge in [0.2, 0.25) is 5.91 Å². The second-order valence-electron chi connectivity index (χ2n) is 4.84. The quantitative estimate of drug-likeness (QED) is 0.886. The number of methoxy groups -OCH3 is 1. The number of carbonyl (C=O) groups is 1. The summed E-state index contributed by atoms with van der Waals surface area (Å²) in [5, 5.41) is 0. The molecule has 1 aromatic carbocycles. The minimum Gasteiger partial charge on any atom is -0.496 e. The number of nitrogens with two attached hydrogens (primary N) is 1. The molecule has 1 aliphatic rings. The number of amides is 1. The standard InChI is InChI=1S/C14H20N2O2/c1-10-5-6-12(8-13(10)18-2)16-7-3-4-11(9-16)14(15)17/h5-6,8,11H,3-4,7,9H2,1-2H3,(H2,15,17)/t11-/m1/s1. The Morgan fingerprint density at radius 2 is 2.28 bits per heavy atom. The van der Waals surface area contributed by atoms with Crippen LogP contribution in [-0.2, 0) is 4.79 Å². The molecule has 0 bridgehead atoms. The molecule has 4 nitrogen and oxygen atoms in total. The number of benzene rings is 1. The van der Waals surface area contributed by atoms with Crippen LogP contribution in [0, 0.1) is 12.8 Å². The van der Waals surface area contributed by atoms with Gasteiger partial charge in [-0.05, 0) is 31.4 Å². The summed E-state index contributed by atoms with van der Waals surface area (Å²) in [5.74, 6) is 0.651. The van der Waals surface area contributed by atoms with E-state index in [4.69, 9.17) is 10.5 Å². The number of rotatable bonds is 3. The van der Waals surface area contributed by atoms with E-state index in [0.29, 0.717) is 6.54 Å². The highest BCUT2D eigenvalue weighted by Crippen LogP contribution is 2.28. The maximum Gasteiger partial charge on any atom is 0.222 e. The molecule has 2 N–H and O–H groups in total. The van der Waals surface area contributed by atoms with E-state index >= 15 is 0 Å². The van der Waals surface area contributed by atoms with E-state index in [1.165, 1.54) is 0 Å². The molecule has 0 saturated carbocycles. The number of anilines is 1. The number of aryl methyl sites for hydroxylation is 1. The normalized spacial score (nSPS) is 19.7. The summed E-state index contributed by atoms with van der Waals surface area (Å²) in [6, 6.07) is 6.14. The van der Waals surface area contributed by atoms with E-state index in [1.54, 1.807) is 7.11 Å². The van der Waals surface area contributed by atoms with Crippen molar-refractivity contribution in [2.45, 2.75) is 19.8 Å². The fraction of sp³-hybridized carbons (Fsp3) is 0.500. The molecule has 2 rings (SSSR count). The van der Waals surface area contributed by atoms with Crippen molar-refractivity contribution >= 4 is 11.6 Å². The van der Waals surface area contributed by atoms with Crippen LogP contribution in [0.1, 0.15) is 18.4 Å². The van der Waals surface area contributed by atoms with Crippen LogP contribution in [0.5, 0.6) is 5.75 Å². The number of ether oxygens (including phenoxy) is 1. The zero-order valence-corrected chi connectivity index (χ0v) is 11.0. The van der Waals surface area contributed by atoms with E-state index in [2.05, 4.69) is 11.0 Å². The Morgan fingerprint density at radius 3 is 2.94 bits per heavy atom. The Bertz CT molecular complexity index is 445. The molecule has 1 aliphatic heterocycles. The van der Waals surface area contributed by atoms with Crippen molar-refractivity contribution in [3.63, 3.8) is 0 Å². The molecule has 1 fully saturated rings. The third-order valence-corrected chi connectivity index (χ3v) is 3.58. The summed E-state index contributed by atoms with van der Waals surface area (Å²) in [5.41, 5.74) is 7.61. The Hall–Kier alpha value is -1.71. The molecule has 0 radical (unpaired) electrons. The molecule has 0 unspecified atom stereocenters. The van der Waals surface area contributed by atoms with E-state index in [-0.39, 0.29) is 11.8 Å². The van der Waals surface area contributed by atoms with Crippen molar-refractivity contribution in [3.8, 4) is 5.75 Å². The molecular weight excluding hydrogens is 228 g/mol. The van der Waals surface area contributed by atoms with Gasteiger partial charge in [-0.3, -0.25) is 4.79 Å². The van der Waals surface area contributed by atoms with Crippen molar-refractivity contribution in [1.82, 2.24) is 0 Å². The minimum atomic E-state index is -0.196. The Labute approximate surface area is 108 Å². The fourth-order valence-electron chi connectivity index (χ4n) is 2.45. The molecule has 0 aliphatic carbocycles. The first-order valence-electron chi connectivity index (χ1n) is 6.30. The van der Waals surface area contributed by atoms with Crippen molar-refractivity contribution < 1.29 is 9.53 Å². The van der Waals surface area contributed by atoms with Crippen LogP contribution in [0.2, 0.25) is 0 Å². The predicted octanol–water partition coefficient (Wildman–Crippen LogP) is 1.71. The zero-order chi connectivity index (χ0) is 13.1. The Morgan fingerprint density at radius 1 is 1.50 bits per heavy atom. The fourth-order valence-corrected chi connectivity index (χ4v) is 2.45. The third kappa shape index (κ3) is 2.58. The van der Waals surface area contributed by atoms with Gasteiger partial charge < -0.3 is 15.4 Å². The lowest BCUT2D eigenvalue weighted by atomic mass is 9.97. The summed E-state index contributed by atoms with van der Waals surface area (Å²) in [6.45, 7) is 3.70. The summed E-state index contributed by atoms with van der Waals surface area (Å²) in [7, 11) is 1.68. The molecule has 0 spiro atoms. The van der Waals surface area contributed by atoms with Gasteiger partial charge >= 0.3 is 0 Å². The van der Waals surface area contributed by atoms with Gasteiger partial charge in [0.15, 0.2) is 0 Å². The van der Waals surface area contributed by atoms with Crippen LogP contribution in [0.25, 0.3) is 0 Å². The lowest BCUT2D eigenvalue weighted by Gasteiger charge is -2.33. The highest BCUT2D eigenvalue weighted by atomic mass is 16.5. The zero-order valence-electron chi connectivity index (χ0n) is 11.0. The number of piperidine rings is 1. The number of nitrogens with zero attached hydrogens (tertiary/aromatic N) is 1. The molecule has 1 aromatic rings. The van der Waals surface area contributed by atoms with E-state index < -0.39 is 0 Å². The van der Waals surface area contributed by atoms with E-state index in [0.717, 1.165) is 36.4 Å². The smallest absolute Gasteiger partial charge is 0.222 e. The first-order valence-corrected chi connectivity index (χ1v) is 6.30. The van der Waals surface area contributed by atoms with Crippen molar-refractivity contribution in [2.24, 2.45) is 11.7 Å². The first kappa shape index (κ1) is 12.7. The minimum absolute atomic E-state index is 0.0361. The molecule has 1 saturated heterocycles. The monoisotopic (exact) mass is 248 g/mol. The third-order valence-electron chi connectivity index (χ3n) is 3.58. The van der Waals surface area contributed by atoms with Gasteiger partial charge in [-0.25, -0.2) is 0 Å². The van der Waals surface area contributed by atoms with E-state index in [9.17, 15) is 4.79 Å². The SMILES string of the molecule is COc1cc(N2CCC[C@@H](C(N)=O)C2)ccc1C. The number of primary amides is 1. The van der Waals surface area contributed by atoms with Crippen molar-refractivity contribution in [3.05, 3.63) is 23.8 Å². The van der Waals surface area contributed by atoms with Crippen molar-refractivity contribution in [1.29, 1.82) is 0 Å². The van der Waals surface area contributed by atoms with Crippen LogP contribution in [0.4, 0.5) is 5.69 Å². The molecule has 1 atom stereocenters. The van der Waals surface area contributed by atoms with Gasteiger partial charge in [0.25, 0.3) is 0 Å². The number of carbonyl (C=O) groups excluding carboxylic acids is 1. The van der Waals surface area contributed by atoms with Crippen LogP contribution >= 0.6 is 0 Å². The Balaban J connectivity index is 2.18. The number of hydrogen-bond donors (Lipinski definition) is 1. The van der Waals surface area contributed by atoms with Gasteiger partial charge in [-0.1, -0.05) is 6.07 Å². The molecule has 1 amide bonds. The predicted molar refractivity (Wildman–Crippen MR) is 71.9 cm³/mol. The lowest BCUT2D eigenvalue weighted by molar-refractivity contribution is -0.122. The molecular formula is C14H20N2O2. The van der Waals surface area contributed by atoms with Crippen LogP contribution in [-0.4, -0.2) is 26.1 Å². The van der Waals surface area contributed by atoms with Gasteiger partial charge in [0.05, 0.1) is 13.0 Å². The lowest BCUT2D eigenvalue weighted by Crippen LogP contribution is -2.41. The number of hydrogen-bond acceptors (Lipinski definition) is 3. The van der Waals surface area contributed by atoms with Gasteiger partial charge in [0.1, 0.15) is 5.75 Å².